The van der Waals surface area contributed by atoms with Gasteiger partial charge in [0.25, 0.3) is 59.1 Å². The Morgan fingerprint density at radius 2 is 0.591 bits per heavy atom. The molecule has 5 N–H and O–H groups in total. The van der Waals surface area contributed by atoms with E-state index in [1.807, 2.05) is 156 Å². The van der Waals surface area contributed by atoms with Gasteiger partial charge in [-0.25, -0.2) is 73.4 Å². The molecule has 5 aromatic carbocycles. The number of rotatable bonds is 29. The van der Waals surface area contributed by atoms with E-state index in [4.69, 9.17) is 18.3 Å². The maximum absolute atomic E-state index is 12.2. The number of nitrogens with zero attached hydrogens (tertiary/aromatic N) is 20. The van der Waals surface area contributed by atoms with Gasteiger partial charge in [0.1, 0.15) is 87.5 Å². The van der Waals surface area contributed by atoms with Crippen molar-refractivity contribution in [2.75, 3.05) is 73.3 Å². The van der Waals surface area contributed by atoms with Crippen molar-refractivity contribution >= 4 is 90.1 Å². The Bertz CT molecular complexity index is 6550. The number of nitrogens with one attached hydrogen (secondary N) is 5. The summed E-state index contributed by atoms with van der Waals surface area (Å²) in [4.78, 5) is 140. The molecule has 43 heteroatoms. The number of amides is 10. The summed E-state index contributed by atoms with van der Waals surface area (Å²) in [5, 5.41) is 27.0. The van der Waals surface area contributed by atoms with Gasteiger partial charge in [0.05, 0.1) is 30.9 Å². The van der Waals surface area contributed by atoms with Crippen LogP contribution in [0.2, 0.25) is 0 Å². The lowest BCUT2D eigenvalue weighted by Gasteiger charge is -2.16. The molecule has 0 saturated heterocycles. The summed E-state index contributed by atoms with van der Waals surface area (Å²) in [5.41, 5.74) is 28.6. The Labute approximate surface area is 788 Å². The average Bonchev–Trinajstić information content (AvgIpc) is 1.67. The van der Waals surface area contributed by atoms with Crippen molar-refractivity contribution in [1.82, 2.24) is 126 Å². The molecule has 0 fully saturated rings. The van der Waals surface area contributed by atoms with Crippen molar-refractivity contribution in [3.63, 3.8) is 0 Å². The number of hydrogen-bond acceptors (Lipinski definition) is 25. The molecule has 0 aliphatic carbocycles. The number of hydrogen-bond donors (Lipinski definition) is 5. The molecular formula is C94H100F3N25O15. The molecule has 712 valence electrons. The monoisotopic (exact) mass is 1880 g/mol. The van der Waals surface area contributed by atoms with Crippen molar-refractivity contribution in [3.8, 4) is 56.9 Å². The van der Waals surface area contributed by atoms with Crippen LogP contribution < -0.4 is 27.1 Å². The average molecular weight is 1880 g/mol. The van der Waals surface area contributed by atoms with Crippen LogP contribution in [0.3, 0.4) is 0 Å². The first-order valence-corrected chi connectivity index (χ1v) is 42.1. The zero-order valence-corrected chi connectivity index (χ0v) is 76.8. The lowest BCUT2D eigenvalue weighted by molar-refractivity contribution is -0.165. The molecule has 0 atom stereocenters. The summed E-state index contributed by atoms with van der Waals surface area (Å²) in [6.45, 7) is 23.7. The molecule has 10 amide bonds. The highest BCUT2D eigenvalue weighted by Gasteiger charge is 2.33. The van der Waals surface area contributed by atoms with Gasteiger partial charge in [-0.05, 0) is 149 Å². The second kappa shape index (κ2) is 46.8. The predicted molar refractivity (Wildman–Crippen MR) is 495 cm³/mol. The zero-order valence-electron chi connectivity index (χ0n) is 79.8. The summed E-state index contributed by atoms with van der Waals surface area (Å²) < 4.78 is 89.5. The Hall–Kier alpha value is -17.2. The van der Waals surface area contributed by atoms with Crippen LogP contribution in [-0.4, -0.2) is 237 Å². The van der Waals surface area contributed by atoms with Crippen molar-refractivity contribution in [1.29, 1.82) is 0 Å². The number of alkyl halides is 3. The fraction of sp³-hybridized carbons (Fsp3) is 0.255. The van der Waals surface area contributed by atoms with Gasteiger partial charge in [-0.3, -0.25) is 75.1 Å². The summed E-state index contributed by atoms with van der Waals surface area (Å²) in [6.07, 6.45) is 22.4. The van der Waals surface area contributed by atoms with Gasteiger partial charge in [-0.2, -0.15) is 13.2 Å². The summed E-state index contributed by atoms with van der Waals surface area (Å²) in [5.74, 6) is -1.23. The minimum atomic E-state index is -4.52. The van der Waals surface area contributed by atoms with Crippen LogP contribution in [0.15, 0.2) is 212 Å². The van der Waals surface area contributed by atoms with Crippen LogP contribution in [-0.2, 0) is 71.6 Å². The standard InChI is InChI=1S/C20H23N5O4.C19H18F3N5O3.C19H21N5O3.C18H19N5O3.C18H19N5O2/c1-14-8-15(2)10-16(9-14)20-21-13-24(23-20)5-4-18(26)22-25-12-17(11-19(25)27)29-7-6-28-3;1-12-5-13(2)7-14(6-12)18-23-11-26(25-18)4-3-16(28)24-27-9-15(8-17(27)29)30-10-19(20,21)22;1-4-27-16-10-18(26)24(11-16)21-17(25)5-6-23-12-20-19(22-23)15-8-13(2)7-14(3)9-15;1-12-6-13(2)8-14(7-12)18-19-11-22(21-18)5-4-16(24)20-23-10-15(26-3)9-17(23)25;1-12-6-13(2)8-15(7-12)18-19-11-22(21-18)5-4-16(24)20-23-10-14(3)9-17(23)25/h4-5,8-11,13H,6-7,12H2,1-3H3,(H,22,26);3-8,11H,9-10H2,1-2H3,(H,24,28);5-10,12H,4,11H2,1-3H3,(H,21,25);4-9,11H,10H2,1-3H3,(H,20,24);4-9,11H,10H2,1-3H3,(H,20,24)/b5-4-;4-3-;6-5-;2*5-4-/i;;;3D3;. The highest BCUT2D eigenvalue weighted by atomic mass is 19.4. The van der Waals surface area contributed by atoms with E-state index in [1.54, 1.807) is 7.11 Å². The van der Waals surface area contributed by atoms with Gasteiger partial charge in [0.2, 0.25) is 0 Å². The maximum atomic E-state index is 12.2. The second-order valence-corrected chi connectivity index (χ2v) is 31.4. The number of methoxy groups -OCH3 is 2. The summed E-state index contributed by atoms with van der Waals surface area (Å²) >= 11 is 0. The van der Waals surface area contributed by atoms with E-state index >= 15 is 0 Å². The SMILES string of the molecule is CC1=CC(=O)N(NC(=O)/C=C\n2cnc(-c3cc(C)cc(C)c3)n2)C1.CCOC1=CC(=O)N(NC(=O)/C=C\n2cnc(-c3cc(C)cc(C)c3)n2)C1.COCCOC1=CC(=O)N(NC(=O)/C=C\n2cnc(-c3cc(C)cc(C)c3)n2)C1.Cc1cc(C)cc(-c2ncn(/C=C\C(=O)NN3CC(OCC(F)(F)F)=CC3=O)n2)c1.[2H]C([2H])([2H])OC1=CC(=O)N(NC(=O)/C=C\n2cnc(-c3cc(C)cc(C)c3)n2)C1. The fourth-order valence-corrected chi connectivity index (χ4v) is 13.5. The topological polar surface area (TPSA) is 447 Å². The Morgan fingerprint density at radius 1 is 0.350 bits per heavy atom. The van der Waals surface area contributed by atoms with Crippen LogP contribution in [0.5, 0.6) is 0 Å². The largest absolute Gasteiger partial charge is 0.499 e. The van der Waals surface area contributed by atoms with Crippen LogP contribution in [0.25, 0.3) is 87.9 Å². The lowest BCUT2D eigenvalue weighted by atomic mass is 10.1. The van der Waals surface area contributed by atoms with Crippen LogP contribution in [0.4, 0.5) is 13.2 Å². The number of benzene rings is 5. The number of aryl methyl sites for hydroxylation is 10. The third-order valence-corrected chi connectivity index (χ3v) is 19.0. The Morgan fingerprint density at radius 3 is 0.832 bits per heavy atom. The number of carbonyl (C=O) groups is 10. The van der Waals surface area contributed by atoms with E-state index in [0.717, 1.165) is 117 Å². The minimum absolute atomic E-state index is 0.0476. The van der Waals surface area contributed by atoms with E-state index in [-0.39, 0.29) is 55.4 Å². The normalized spacial score (nSPS) is 14.5. The molecule has 5 aromatic heterocycles. The van der Waals surface area contributed by atoms with E-state index in [2.05, 4.69) is 105 Å². The minimum Gasteiger partial charge on any atom is -0.499 e. The quantitative estimate of drug-likeness (QED) is 0.0215. The molecule has 5 aliphatic heterocycles. The number of aromatic nitrogens is 15. The first-order valence-electron chi connectivity index (χ1n) is 43.6. The molecule has 0 spiro atoms. The Kier molecular flexibility index (Phi) is 32.8. The number of ether oxygens (including phenoxy) is 5. The van der Waals surface area contributed by atoms with Crippen LogP contribution >= 0.6 is 0 Å². The summed E-state index contributed by atoms with van der Waals surface area (Å²) in [6, 6.07) is 30.2. The van der Waals surface area contributed by atoms with Gasteiger partial charge in [-0.15, -0.1) is 25.5 Å². The molecular weight excluding hydrogens is 1780 g/mol. The number of hydrazine groups is 5. The third-order valence-electron chi connectivity index (χ3n) is 19.0. The second-order valence-electron chi connectivity index (χ2n) is 31.4. The van der Waals surface area contributed by atoms with Gasteiger partial charge >= 0.3 is 6.18 Å². The van der Waals surface area contributed by atoms with Gasteiger partial charge in [0, 0.05) is 127 Å². The molecule has 0 radical (unpaired) electrons. The van der Waals surface area contributed by atoms with Crippen molar-refractivity contribution in [2.24, 2.45) is 0 Å². The van der Waals surface area contributed by atoms with Gasteiger partial charge in [-0.1, -0.05) is 86.0 Å². The highest BCUT2D eigenvalue weighted by molar-refractivity contribution is 5.99. The molecule has 5 aliphatic rings. The molecule has 15 rings (SSSR count). The van der Waals surface area contributed by atoms with Gasteiger partial charge < -0.3 is 23.7 Å². The molecule has 0 saturated carbocycles. The highest BCUT2D eigenvalue weighted by Crippen LogP contribution is 2.26. The van der Waals surface area contributed by atoms with Crippen molar-refractivity contribution in [3.05, 3.63) is 268 Å². The predicted octanol–water partition coefficient (Wildman–Crippen LogP) is 8.94. The van der Waals surface area contributed by atoms with E-state index in [0.29, 0.717) is 67.0 Å². The summed E-state index contributed by atoms with van der Waals surface area (Å²) in [7, 11) is -1.09. The fourth-order valence-electron chi connectivity index (χ4n) is 13.5. The first-order chi connectivity index (χ1) is 66.5. The third kappa shape index (κ3) is 31.0. The van der Waals surface area contributed by atoms with Crippen molar-refractivity contribution < 1.29 is 88.9 Å². The van der Waals surface area contributed by atoms with E-state index < -0.39 is 61.2 Å². The van der Waals surface area contributed by atoms with E-state index in [9.17, 15) is 61.1 Å². The molecule has 10 aromatic rings. The molecule has 40 nitrogen and oxygen atoms in total. The molecule has 0 bridgehead atoms. The first kappa shape index (κ1) is 95.9. The molecule has 0 unspecified atom stereocenters. The van der Waals surface area contributed by atoms with Crippen LogP contribution in [0, 0.1) is 69.2 Å². The van der Waals surface area contributed by atoms with E-state index in [1.165, 1.54) is 144 Å². The number of halogens is 3. The smallest absolute Gasteiger partial charge is 0.422 e. The maximum Gasteiger partial charge on any atom is 0.422 e. The lowest BCUT2D eigenvalue weighted by Crippen LogP contribution is -2.43. The number of carbonyl (C=O) groups excluding carboxylic acids is 10. The van der Waals surface area contributed by atoms with Crippen LogP contribution in [0.1, 0.15) is 73.6 Å². The van der Waals surface area contributed by atoms with Gasteiger partial charge in [0.15, 0.2) is 35.7 Å². The van der Waals surface area contributed by atoms with Crippen molar-refractivity contribution in [2.45, 2.75) is 89.3 Å². The molecule has 137 heavy (non-hydrogen) atoms. The zero-order chi connectivity index (χ0) is 101. The Balaban J connectivity index is 0.000000168. The molecule has 10 heterocycles.